The predicted octanol–water partition coefficient (Wildman–Crippen LogP) is 3.93. The highest BCUT2D eigenvalue weighted by Crippen LogP contribution is 2.37. The van der Waals surface area contributed by atoms with Crippen molar-refractivity contribution in [3.8, 4) is 11.5 Å². The molecule has 1 aromatic heterocycles. The first-order valence-electron chi connectivity index (χ1n) is 6.24. The molecule has 1 aliphatic heterocycles. The summed E-state index contributed by atoms with van der Waals surface area (Å²) in [5, 5.41) is 4.95. The van der Waals surface area contributed by atoms with Gasteiger partial charge in [-0.3, -0.25) is 0 Å². The predicted molar refractivity (Wildman–Crippen MR) is 78.2 cm³/mol. The molecule has 3 rings (SSSR count). The van der Waals surface area contributed by atoms with Gasteiger partial charge in [0.25, 0.3) is 5.89 Å². The van der Waals surface area contributed by atoms with E-state index in [1.165, 1.54) is 18.6 Å². The number of rotatable bonds is 2. The van der Waals surface area contributed by atoms with Gasteiger partial charge < -0.3 is 10.3 Å². The molecule has 2 heterocycles. The van der Waals surface area contributed by atoms with Crippen LogP contribution in [0.1, 0.15) is 30.3 Å². The smallest absolute Gasteiger partial charge is 0.258 e. The molecule has 1 unspecified atom stereocenters. The summed E-state index contributed by atoms with van der Waals surface area (Å²) in [5.74, 6) is 2.46. The minimum Gasteiger partial charge on any atom is -0.398 e. The Hall–Kier alpha value is -1.20. The number of nitrogens with two attached hydrogens (primary N) is 1. The van der Waals surface area contributed by atoms with Crippen LogP contribution < -0.4 is 5.73 Å². The molecule has 0 radical (unpaired) electrons. The van der Waals surface area contributed by atoms with Crippen LogP contribution in [0.4, 0.5) is 5.69 Å². The lowest BCUT2D eigenvalue weighted by molar-refractivity contribution is 0.420. The summed E-state index contributed by atoms with van der Waals surface area (Å²) >= 11 is 7.90. The van der Waals surface area contributed by atoms with Crippen molar-refractivity contribution in [2.45, 2.75) is 24.5 Å². The maximum atomic E-state index is 6.00. The molecule has 19 heavy (non-hydrogen) atoms. The van der Waals surface area contributed by atoms with Gasteiger partial charge in [-0.25, -0.2) is 0 Å². The monoisotopic (exact) mass is 295 g/mol. The fraction of sp³-hybridized carbons (Fsp3) is 0.385. The van der Waals surface area contributed by atoms with E-state index < -0.39 is 0 Å². The van der Waals surface area contributed by atoms with Crippen molar-refractivity contribution in [3.05, 3.63) is 29.0 Å². The van der Waals surface area contributed by atoms with Gasteiger partial charge >= 0.3 is 0 Å². The zero-order valence-electron chi connectivity index (χ0n) is 10.3. The summed E-state index contributed by atoms with van der Waals surface area (Å²) in [6.07, 6.45) is 3.63. The van der Waals surface area contributed by atoms with Crippen molar-refractivity contribution in [3.63, 3.8) is 0 Å². The number of halogens is 1. The number of thioether (sulfide) groups is 1. The molecule has 1 atom stereocenters. The second-order valence-corrected chi connectivity index (χ2v) is 6.27. The second-order valence-electron chi connectivity index (χ2n) is 4.55. The second kappa shape index (κ2) is 5.43. The number of nitrogen functional groups attached to an aromatic ring is 1. The maximum Gasteiger partial charge on any atom is 0.258 e. The molecule has 1 aromatic carbocycles. The van der Waals surface area contributed by atoms with Crippen LogP contribution in [0.5, 0.6) is 0 Å². The molecule has 2 N–H and O–H groups in total. The van der Waals surface area contributed by atoms with Crippen LogP contribution >= 0.6 is 23.4 Å². The third-order valence-electron chi connectivity index (χ3n) is 3.16. The topological polar surface area (TPSA) is 64.9 Å². The number of anilines is 1. The van der Waals surface area contributed by atoms with Gasteiger partial charge in [-0.05, 0) is 36.8 Å². The summed E-state index contributed by atoms with van der Waals surface area (Å²) in [6, 6.07) is 5.34. The SMILES string of the molecule is Nc1ccc(-c2nc(C3CCCCS3)no2)cc1Cl. The van der Waals surface area contributed by atoms with Gasteiger partial charge in [0.15, 0.2) is 5.82 Å². The first kappa shape index (κ1) is 12.8. The number of hydrogen-bond donors (Lipinski definition) is 1. The molecule has 1 fully saturated rings. The molecule has 0 bridgehead atoms. The third-order valence-corrected chi connectivity index (χ3v) is 4.86. The quantitative estimate of drug-likeness (QED) is 0.850. The highest BCUT2D eigenvalue weighted by atomic mass is 35.5. The highest BCUT2D eigenvalue weighted by molar-refractivity contribution is 7.99. The summed E-state index contributed by atoms with van der Waals surface area (Å²) in [7, 11) is 0. The summed E-state index contributed by atoms with van der Waals surface area (Å²) in [5.41, 5.74) is 7.04. The Labute approximate surface area is 120 Å². The number of aromatic nitrogens is 2. The first-order valence-corrected chi connectivity index (χ1v) is 7.67. The zero-order chi connectivity index (χ0) is 13.2. The van der Waals surface area contributed by atoms with Crippen LogP contribution in [-0.4, -0.2) is 15.9 Å². The van der Waals surface area contributed by atoms with Gasteiger partial charge in [0, 0.05) is 5.56 Å². The van der Waals surface area contributed by atoms with E-state index >= 15 is 0 Å². The molecule has 1 saturated heterocycles. The Bertz CT molecular complexity index is 581. The fourth-order valence-electron chi connectivity index (χ4n) is 2.09. The van der Waals surface area contributed by atoms with E-state index in [0.717, 1.165) is 17.8 Å². The van der Waals surface area contributed by atoms with Gasteiger partial charge in [-0.2, -0.15) is 16.7 Å². The van der Waals surface area contributed by atoms with Gasteiger partial charge in [-0.1, -0.05) is 23.2 Å². The molecule has 0 amide bonds. The lowest BCUT2D eigenvalue weighted by Gasteiger charge is -2.17. The van der Waals surface area contributed by atoms with E-state index in [1.54, 1.807) is 12.1 Å². The molecule has 2 aromatic rings. The van der Waals surface area contributed by atoms with Gasteiger partial charge in [0.1, 0.15) is 0 Å². The average molecular weight is 296 g/mol. The number of hydrogen-bond acceptors (Lipinski definition) is 5. The Morgan fingerprint density at radius 2 is 2.26 bits per heavy atom. The standard InChI is InChI=1S/C13H14ClN3OS/c14-9-7-8(4-5-10(9)15)13-16-12(17-18-13)11-3-1-2-6-19-11/h4-5,7,11H,1-3,6,15H2. The molecule has 6 heteroatoms. The zero-order valence-corrected chi connectivity index (χ0v) is 11.9. The lowest BCUT2D eigenvalue weighted by atomic mass is 10.2. The molecule has 0 saturated carbocycles. The van der Waals surface area contributed by atoms with E-state index in [-0.39, 0.29) is 0 Å². The molecule has 0 aliphatic carbocycles. The summed E-state index contributed by atoms with van der Waals surface area (Å²) < 4.78 is 5.32. The van der Waals surface area contributed by atoms with Gasteiger partial charge in [0.05, 0.1) is 16.0 Å². The number of nitrogens with zero attached hydrogens (tertiary/aromatic N) is 2. The molecular formula is C13H14ClN3OS. The van der Waals surface area contributed by atoms with Crippen LogP contribution in [0.2, 0.25) is 5.02 Å². The number of benzene rings is 1. The Morgan fingerprint density at radius 3 is 3.00 bits per heavy atom. The summed E-state index contributed by atoms with van der Waals surface area (Å²) in [6.45, 7) is 0. The minimum atomic E-state index is 0.357. The van der Waals surface area contributed by atoms with Crippen molar-refractivity contribution in [1.29, 1.82) is 0 Å². The molecular weight excluding hydrogens is 282 g/mol. The largest absolute Gasteiger partial charge is 0.398 e. The van der Waals surface area contributed by atoms with Crippen molar-refractivity contribution >= 4 is 29.1 Å². The fourth-order valence-corrected chi connectivity index (χ4v) is 3.50. The first-order chi connectivity index (χ1) is 9.24. The van der Waals surface area contributed by atoms with Crippen molar-refractivity contribution < 1.29 is 4.52 Å². The average Bonchev–Trinajstić information content (AvgIpc) is 2.93. The summed E-state index contributed by atoms with van der Waals surface area (Å²) in [4.78, 5) is 4.48. The molecule has 0 spiro atoms. The van der Waals surface area contributed by atoms with Crippen molar-refractivity contribution in [2.75, 3.05) is 11.5 Å². The molecule has 100 valence electrons. The maximum absolute atomic E-state index is 6.00. The normalized spacial score (nSPS) is 19.5. The van der Waals surface area contributed by atoms with Crippen LogP contribution in [0, 0.1) is 0 Å². The van der Waals surface area contributed by atoms with E-state index in [4.69, 9.17) is 21.9 Å². The van der Waals surface area contributed by atoms with E-state index in [0.29, 0.717) is 21.9 Å². The van der Waals surface area contributed by atoms with Gasteiger partial charge in [0.2, 0.25) is 0 Å². The van der Waals surface area contributed by atoms with E-state index in [1.807, 2.05) is 17.8 Å². The molecule has 1 aliphatic rings. The lowest BCUT2D eigenvalue weighted by Crippen LogP contribution is -2.03. The van der Waals surface area contributed by atoms with Crippen LogP contribution in [-0.2, 0) is 0 Å². The highest BCUT2D eigenvalue weighted by Gasteiger charge is 2.22. The van der Waals surface area contributed by atoms with Gasteiger partial charge in [-0.15, -0.1) is 0 Å². The van der Waals surface area contributed by atoms with Crippen molar-refractivity contribution in [1.82, 2.24) is 10.1 Å². The Balaban J connectivity index is 1.85. The van der Waals surface area contributed by atoms with Crippen LogP contribution in [0.15, 0.2) is 22.7 Å². The van der Waals surface area contributed by atoms with Crippen molar-refractivity contribution in [2.24, 2.45) is 0 Å². The van der Waals surface area contributed by atoms with Crippen LogP contribution in [0.3, 0.4) is 0 Å². The Morgan fingerprint density at radius 1 is 1.37 bits per heavy atom. The Kier molecular flexibility index (Phi) is 3.66. The third kappa shape index (κ3) is 2.72. The molecule has 4 nitrogen and oxygen atoms in total. The minimum absolute atomic E-state index is 0.357. The van der Waals surface area contributed by atoms with E-state index in [2.05, 4.69) is 10.1 Å². The van der Waals surface area contributed by atoms with E-state index in [9.17, 15) is 0 Å². The van der Waals surface area contributed by atoms with Crippen LogP contribution in [0.25, 0.3) is 11.5 Å².